The van der Waals surface area contributed by atoms with Crippen molar-refractivity contribution in [2.75, 3.05) is 40.9 Å². The molecule has 62 heavy (non-hydrogen) atoms. The third-order valence-electron chi connectivity index (χ3n) is 10.3. The molecule has 0 saturated carbocycles. The van der Waals surface area contributed by atoms with Crippen LogP contribution in [-0.4, -0.2) is 73.4 Å². The topological polar surface area (TPSA) is 105 Å². The summed E-state index contributed by atoms with van der Waals surface area (Å²) in [5.74, 6) is -0.207. The molecule has 0 aliphatic heterocycles. The van der Waals surface area contributed by atoms with Gasteiger partial charge < -0.3 is 19.8 Å². The van der Waals surface area contributed by atoms with Crippen LogP contribution >= 0.6 is 7.82 Å². The summed E-state index contributed by atoms with van der Waals surface area (Å²) in [4.78, 5) is 23.2. The number of likely N-dealkylation sites (N-methyl/N-ethyl adjacent to an activating group) is 1. The predicted molar refractivity (Wildman–Crippen MR) is 267 cm³/mol. The van der Waals surface area contributed by atoms with E-state index in [2.05, 4.69) is 104 Å². The normalized spacial score (nSPS) is 15.0. The fourth-order valence-electron chi connectivity index (χ4n) is 6.39. The summed E-state index contributed by atoms with van der Waals surface area (Å²) in [7, 11) is 1.52. The molecule has 356 valence electrons. The van der Waals surface area contributed by atoms with Crippen molar-refractivity contribution in [2.24, 2.45) is 0 Å². The van der Waals surface area contributed by atoms with Gasteiger partial charge in [0.2, 0.25) is 5.91 Å². The third-order valence-corrected chi connectivity index (χ3v) is 11.2. The van der Waals surface area contributed by atoms with Crippen LogP contribution in [0.15, 0.2) is 97.2 Å². The van der Waals surface area contributed by atoms with Gasteiger partial charge in [-0.2, -0.15) is 0 Å². The van der Waals surface area contributed by atoms with Gasteiger partial charge in [0.1, 0.15) is 13.2 Å². The number of quaternary nitrogens is 1. The first-order valence-corrected chi connectivity index (χ1v) is 26.1. The lowest BCUT2D eigenvalue weighted by Crippen LogP contribution is -2.45. The van der Waals surface area contributed by atoms with Crippen molar-refractivity contribution in [3.05, 3.63) is 97.2 Å². The summed E-state index contributed by atoms with van der Waals surface area (Å²) in [6, 6.07) is -0.882. The SMILES string of the molecule is CC/C=C\C/C=C\C/C=C\C/C=C\C/C=C\CCCCCCCCCC(=O)NC(COP(=O)(O)OCC[N+](C)(C)C)C(O)/C=C/CC/C=C/CC/C=C/CCCCCCCCC. The molecule has 9 heteroatoms. The second kappa shape index (κ2) is 43.7. The van der Waals surface area contributed by atoms with Gasteiger partial charge in [-0.15, -0.1) is 0 Å². The summed E-state index contributed by atoms with van der Waals surface area (Å²) in [6.07, 6.45) is 62.0. The molecular formula is C53H94N2O6P+. The predicted octanol–water partition coefficient (Wildman–Crippen LogP) is 14.3. The fourth-order valence-corrected chi connectivity index (χ4v) is 7.13. The molecule has 0 fully saturated rings. The maximum absolute atomic E-state index is 12.9. The van der Waals surface area contributed by atoms with Crippen molar-refractivity contribution in [3.63, 3.8) is 0 Å². The van der Waals surface area contributed by atoms with Crippen LogP contribution in [0.3, 0.4) is 0 Å². The Hall–Kier alpha value is -2.58. The first-order chi connectivity index (χ1) is 30.0. The number of hydrogen-bond donors (Lipinski definition) is 3. The van der Waals surface area contributed by atoms with E-state index in [4.69, 9.17) is 9.05 Å². The highest BCUT2D eigenvalue weighted by molar-refractivity contribution is 7.47. The third kappa shape index (κ3) is 45.4. The molecule has 3 unspecified atom stereocenters. The Morgan fingerprint density at radius 2 is 0.984 bits per heavy atom. The van der Waals surface area contributed by atoms with E-state index in [9.17, 15) is 19.4 Å². The molecule has 0 heterocycles. The highest BCUT2D eigenvalue weighted by Crippen LogP contribution is 2.43. The van der Waals surface area contributed by atoms with Crippen LogP contribution in [0.1, 0.15) is 181 Å². The van der Waals surface area contributed by atoms with E-state index in [1.54, 1.807) is 6.08 Å². The molecule has 0 saturated heterocycles. The van der Waals surface area contributed by atoms with E-state index in [1.165, 1.54) is 70.6 Å². The van der Waals surface area contributed by atoms with E-state index in [1.807, 2.05) is 27.2 Å². The lowest BCUT2D eigenvalue weighted by Gasteiger charge is -2.25. The molecule has 0 radical (unpaired) electrons. The number of carbonyl (C=O) groups is 1. The quantitative estimate of drug-likeness (QED) is 0.0244. The molecule has 0 aromatic rings. The molecule has 8 nitrogen and oxygen atoms in total. The van der Waals surface area contributed by atoms with Gasteiger partial charge in [-0.25, -0.2) is 4.57 Å². The zero-order valence-corrected chi connectivity index (χ0v) is 41.2. The first-order valence-electron chi connectivity index (χ1n) is 24.6. The van der Waals surface area contributed by atoms with Crippen molar-refractivity contribution in [3.8, 4) is 0 Å². The lowest BCUT2D eigenvalue weighted by atomic mass is 10.1. The number of carbonyl (C=O) groups excluding carboxylic acids is 1. The number of phosphoric ester groups is 1. The zero-order valence-electron chi connectivity index (χ0n) is 40.3. The van der Waals surface area contributed by atoms with E-state index < -0.39 is 20.0 Å². The number of amides is 1. The average molecular weight is 886 g/mol. The Kier molecular flexibility index (Phi) is 41.8. The Balaban J connectivity index is 4.45. The molecule has 0 aromatic carbocycles. The van der Waals surface area contributed by atoms with Gasteiger partial charge in [0.15, 0.2) is 0 Å². The van der Waals surface area contributed by atoms with Crippen LogP contribution in [-0.2, 0) is 18.4 Å². The minimum Gasteiger partial charge on any atom is -0.387 e. The Morgan fingerprint density at radius 1 is 0.565 bits per heavy atom. The largest absolute Gasteiger partial charge is 0.472 e. The van der Waals surface area contributed by atoms with Crippen molar-refractivity contribution in [2.45, 2.75) is 193 Å². The summed E-state index contributed by atoms with van der Waals surface area (Å²) >= 11 is 0. The standard InChI is InChI=1S/C53H93N2O6P/c1-6-8-10-12-14-16-18-20-22-24-25-26-27-28-29-31-33-35-37-39-41-43-45-47-53(57)54-51(50-61-62(58,59)60-49-48-55(3,4)5)52(56)46-44-42-40-38-36-34-32-30-23-21-19-17-15-13-11-9-7-2/h8,10,14,16,20,22-23,25-26,28-30,36,38,44,46,51-52,56H,6-7,9,11-13,15,17-19,21,24,27,31-35,37,39-43,45,47-50H2,1-5H3,(H-,54,57,58,59)/p+1/b10-8-,16-14-,22-20-,26-25-,29-28-,30-23+,38-36+,46-44+. The van der Waals surface area contributed by atoms with Crippen molar-refractivity contribution >= 4 is 13.7 Å². The second-order valence-corrected chi connectivity index (χ2v) is 18.9. The van der Waals surface area contributed by atoms with Crippen molar-refractivity contribution < 1.29 is 32.9 Å². The van der Waals surface area contributed by atoms with Crippen LogP contribution in [0.25, 0.3) is 0 Å². The van der Waals surface area contributed by atoms with Gasteiger partial charge in [0.25, 0.3) is 0 Å². The van der Waals surface area contributed by atoms with Crippen LogP contribution < -0.4 is 5.32 Å². The van der Waals surface area contributed by atoms with Crippen molar-refractivity contribution in [1.29, 1.82) is 0 Å². The minimum atomic E-state index is -4.36. The number of nitrogens with zero attached hydrogens (tertiary/aromatic N) is 1. The average Bonchev–Trinajstić information content (AvgIpc) is 3.23. The highest BCUT2D eigenvalue weighted by Gasteiger charge is 2.27. The maximum Gasteiger partial charge on any atom is 0.472 e. The zero-order chi connectivity index (χ0) is 45.7. The maximum atomic E-state index is 12.9. The van der Waals surface area contributed by atoms with Gasteiger partial charge in [-0.05, 0) is 89.9 Å². The van der Waals surface area contributed by atoms with E-state index in [0.29, 0.717) is 17.4 Å². The smallest absolute Gasteiger partial charge is 0.387 e. The molecule has 0 bridgehead atoms. The number of aliphatic hydroxyl groups excluding tert-OH is 1. The van der Waals surface area contributed by atoms with Gasteiger partial charge in [-0.3, -0.25) is 13.8 Å². The number of hydrogen-bond acceptors (Lipinski definition) is 5. The summed E-state index contributed by atoms with van der Waals surface area (Å²) in [5, 5.41) is 13.8. The number of rotatable bonds is 43. The van der Waals surface area contributed by atoms with Gasteiger partial charge in [0.05, 0.1) is 39.9 Å². The molecule has 0 aliphatic carbocycles. The van der Waals surface area contributed by atoms with E-state index in [-0.39, 0.29) is 19.1 Å². The molecule has 0 aliphatic rings. The summed E-state index contributed by atoms with van der Waals surface area (Å²) in [5.41, 5.74) is 0. The lowest BCUT2D eigenvalue weighted by molar-refractivity contribution is -0.870. The van der Waals surface area contributed by atoms with Crippen LogP contribution in [0.5, 0.6) is 0 Å². The Labute approximate surface area is 381 Å². The minimum absolute atomic E-state index is 0.0458. The molecule has 3 atom stereocenters. The van der Waals surface area contributed by atoms with E-state index >= 15 is 0 Å². The fraction of sp³-hybridized carbons (Fsp3) is 0.679. The van der Waals surface area contributed by atoms with Crippen LogP contribution in [0.4, 0.5) is 0 Å². The first kappa shape index (κ1) is 59.4. The van der Waals surface area contributed by atoms with Gasteiger partial charge in [-0.1, -0.05) is 182 Å². The number of aliphatic hydroxyl groups is 1. The number of unbranched alkanes of at least 4 members (excludes halogenated alkanes) is 16. The highest BCUT2D eigenvalue weighted by atomic mass is 31.2. The monoisotopic (exact) mass is 886 g/mol. The summed E-state index contributed by atoms with van der Waals surface area (Å²) < 4.78 is 23.6. The van der Waals surface area contributed by atoms with Crippen molar-refractivity contribution in [1.82, 2.24) is 5.32 Å². The van der Waals surface area contributed by atoms with Gasteiger partial charge >= 0.3 is 7.82 Å². The molecule has 0 spiro atoms. The van der Waals surface area contributed by atoms with Gasteiger partial charge in [0, 0.05) is 6.42 Å². The Bertz CT molecular complexity index is 1330. The van der Waals surface area contributed by atoms with Crippen LogP contribution in [0, 0.1) is 0 Å². The van der Waals surface area contributed by atoms with E-state index in [0.717, 1.165) is 89.9 Å². The number of allylic oxidation sites excluding steroid dienone is 15. The Morgan fingerprint density at radius 3 is 1.48 bits per heavy atom. The van der Waals surface area contributed by atoms with Crippen LogP contribution in [0.2, 0.25) is 0 Å². The summed E-state index contributed by atoms with van der Waals surface area (Å²) in [6.45, 7) is 4.64. The molecule has 3 N–H and O–H groups in total. The molecule has 0 rings (SSSR count). The second-order valence-electron chi connectivity index (χ2n) is 17.4. The molecule has 1 amide bonds. The molecule has 0 aromatic heterocycles. The number of nitrogens with one attached hydrogen (secondary N) is 1. The molecular weight excluding hydrogens is 792 g/mol. The number of phosphoric acid groups is 1.